The third-order valence-electron chi connectivity index (χ3n) is 4.60. The number of aliphatic imine (C=N–C) groups is 1. The van der Waals surface area contributed by atoms with Crippen LogP contribution < -0.4 is 5.32 Å². The minimum Gasteiger partial charge on any atom is -0.311 e. The van der Waals surface area contributed by atoms with Gasteiger partial charge in [-0.3, -0.25) is 14.5 Å². The molecule has 0 bridgehead atoms. The standard InChI is InChI=1S/C16H18F3N3O2S/c1-10-20-15(16(17,18)19,21-13(23)12-8-5-9-25-12)14(24)22(10)11-6-3-2-4-7-11/h5,8-9,11H,2-4,6-7H2,1H3,(H,21,23). The molecular formula is C16H18F3N3O2S. The number of alkyl halides is 3. The molecule has 1 N–H and O–H groups in total. The summed E-state index contributed by atoms with van der Waals surface area (Å²) in [7, 11) is 0. The molecule has 1 aliphatic carbocycles. The molecule has 2 aliphatic rings. The summed E-state index contributed by atoms with van der Waals surface area (Å²) < 4.78 is 41.4. The van der Waals surface area contributed by atoms with Gasteiger partial charge in [-0.15, -0.1) is 11.3 Å². The topological polar surface area (TPSA) is 61.8 Å². The molecule has 9 heteroatoms. The number of thiophene rings is 1. The number of rotatable bonds is 3. The monoisotopic (exact) mass is 373 g/mol. The summed E-state index contributed by atoms with van der Waals surface area (Å²) in [5, 5.41) is 3.43. The Morgan fingerprint density at radius 2 is 2.04 bits per heavy atom. The highest BCUT2D eigenvalue weighted by atomic mass is 32.1. The number of nitrogens with zero attached hydrogens (tertiary/aromatic N) is 2. The first kappa shape index (κ1) is 17.9. The lowest BCUT2D eigenvalue weighted by atomic mass is 9.93. The molecule has 5 nitrogen and oxygen atoms in total. The second kappa shape index (κ2) is 6.44. The van der Waals surface area contributed by atoms with E-state index in [0.717, 1.165) is 35.5 Å². The van der Waals surface area contributed by atoms with Crippen molar-refractivity contribution in [3.63, 3.8) is 0 Å². The van der Waals surface area contributed by atoms with Crippen molar-refractivity contribution in [2.45, 2.75) is 56.9 Å². The quantitative estimate of drug-likeness (QED) is 0.883. The van der Waals surface area contributed by atoms with Crippen LogP contribution in [0.2, 0.25) is 0 Å². The molecule has 3 rings (SSSR count). The first-order chi connectivity index (χ1) is 11.8. The second-order valence-corrected chi connectivity index (χ2v) is 7.21. The van der Waals surface area contributed by atoms with Gasteiger partial charge in [0.1, 0.15) is 5.84 Å². The average Bonchev–Trinajstić information content (AvgIpc) is 3.16. The van der Waals surface area contributed by atoms with Crippen LogP contribution in [0.3, 0.4) is 0 Å². The van der Waals surface area contributed by atoms with E-state index in [-0.39, 0.29) is 16.8 Å². The summed E-state index contributed by atoms with van der Waals surface area (Å²) in [6, 6.07) is 2.66. The van der Waals surface area contributed by atoms with Gasteiger partial charge in [-0.25, -0.2) is 4.99 Å². The van der Waals surface area contributed by atoms with Gasteiger partial charge in [0.2, 0.25) is 0 Å². The van der Waals surface area contributed by atoms with Crippen molar-refractivity contribution in [2.24, 2.45) is 4.99 Å². The molecule has 0 radical (unpaired) electrons. The van der Waals surface area contributed by atoms with Crippen molar-refractivity contribution < 1.29 is 22.8 Å². The van der Waals surface area contributed by atoms with E-state index in [1.54, 1.807) is 11.4 Å². The molecule has 1 saturated carbocycles. The Bertz CT molecular complexity index is 696. The third-order valence-corrected chi connectivity index (χ3v) is 5.46. The third kappa shape index (κ3) is 3.05. The van der Waals surface area contributed by atoms with Gasteiger partial charge in [0, 0.05) is 6.04 Å². The minimum absolute atomic E-state index is 0.000652. The molecule has 136 valence electrons. The van der Waals surface area contributed by atoms with Crippen LogP contribution in [0.4, 0.5) is 13.2 Å². The summed E-state index contributed by atoms with van der Waals surface area (Å²) in [6.07, 6.45) is -1.00. The van der Waals surface area contributed by atoms with Crippen LogP contribution in [0, 0.1) is 0 Å². The molecule has 1 aliphatic heterocycles. The number of hydrogen-bond donors (Lipinski definition) is 1. The number of nitrogens with one attached hydrogen (secondary N) is 1. The Hall–Kier alpha value is -1.90. The molecule has 0 saturated heterocycles. The normalized spacial score (nSPS) is 25.2. The van der Waals surface area contributed by atoms with Gasteiger partial charge in [-0.2, -0.15) is 13.2 Å². The number of amides is 2. The van der Waals surface area contributed by atoms with Crippen LogP contribution in [0.5, 0.6) is 0 Å². The molecule has 2 heterocycles. The lowest BCUT2D eigenvalue weighted by Gasteiger charge is -2.34. The Labute approximate surface area is 146 Å². The van der Waals surface area contributed by atoms with E-state index >= 15 is 0 Å². The molecule has 25 heavy (non-hydrogen) atoms. The predicted octanol–water partition coefficient (Wildman–Crippen LogP) is 3.33. The first-order valence-electron chi connectivity index (χ1n) is 8.09. The van der Waals surface area contributed by atoms with E-state index in [4.69, 9.17) is 0 Å². The maximum absolute atomic E-state index is 13.8. The second-order valence-electron chi connectivity index (χ2n) is 6.27. The number of carbonyl (C=O) groups is 2. The summed E-state index contributed by atoms with van der Waals surface area (Å²) in [4.78, 5) is 29.8. The number of carbonyl (C=O) groups excluding carboxylic acids is 2. The fourth-order valence-electron chi connectivity index (χ4n) is 3.41. The summed E-state index contributed by atoms with van der Waals surface area (Å²) >= 11 is 1.00. The van der Waals surface area contributed by atoms with Gasteiger partial charge < -0.3 is 5.32 Å². The molecular weight excluding hydrogens is 355 g/mol. The molecule has 1 aromatic heterocycles. The molecule has 0 spiro atoms. The van der Waals surface area contributed by atoms with Crippen molar-refractivity contribution in [3.05, 3.63) is 22.4 Å². The fourth-order valence-corrected chi connectivity index (χ4v) is 4.02. The largest absolute Gasteiger partial charge is 0.442 e. The number of amidine groups is 1. The average molecular weight is 373 g/mol. The van der Waals surface area contributed by atoms with Crippen molar-refractivity contribution in [1.29, 1.82) is 0 Å². The van der Waals surface area contributed by atoms with Crippen LogP contribution >= 0.6 is 11.3 Å². The SMILES string of the molecule is CC1=NC(NC(=O)c2cccs2)(C(F)(F)F)C(=O)N1C1CCCCC1. The molecule has 0 aromatic carbocycles. The Kier molecular flexibility index (Phi) is 4.61. The maximum atomic E-state index is 13.8. The van der Waals surface area contributed by atoms with Crippen molar-refractivity contribution >= 4 is 29.0 Å². The summed E-state index contributed by atoms with van der Waals surface area (Å²) in [5.41, 5.74) is -3.24. The van der Waals surface area contributed by atoms with Gasteiger partial charge in [0.15, 0.2) is 0 Å². The highest BCUT2D eigenvalue weighted by Crippen LogP contribution is 2.39. The van der Waals surface area contributed by atoms with Crippen LogP contribution in [0.15, 0.2) is 22.5 Å². The minimum atomic E-state index is -5.03. The Morgan fingerprint density at radius 3 is 2.60 bits per heavy atom. The molecule has 2 amide bonds. The van der Waals surface area contributed by atoms with E-state index < -0.39 is 23.7 Å². The zero-order valence-corrected chi connectivity index (χ0v) is 14.4. The lowest BCUT2D eigenvalue weighted by molar-refractivity contribution is -0.196. The predicted molar refractivity (Wildman–Crippen MR) is 87.4 cm³/mol. The van der Waals surface area contributed by atoms with Crippen LogP contribution in [-0.4, -0.2) is 40.4 Å². The van der Waals surface area contributed by atoms with Crippen LogP contribution in [0.25, 0.3) is 0 Å². The maximum Gasteiger partial charge on any atom is 0.442 e. The van der Waals surface area contributed by atoms with Crippen molar-refractivity contribution in [3.8, 4) is 0 Å². The first-order valence-corrected chi connectivity index (χ1v) is 8.97. The van der Waals surface area contributed by atoms with Crippen LogP contribution in [-0.2, 0) is 4.79 Å². The molecule has 1 fully saturated rings. The van der Waals surface area contributed by atoms with Gasteiger partial charge in [0.25, 0.3) is 11.8 Å². The van der Waals surface area contributed by atoms with E-state index in [1.807, 2.05) is 5.32 Å². The van der Waals surface area contributed by atoms with Gasteiger partial charge in [0.05, 0.1) is 4.88 Å². The van der Waals surface area contributed by atoms with E-state index in [2.05, 4.69) is 4.99 Å². The molecule has 1 aromatic rings. The zero-order valence-electron chi connectivity index (χ0n) is 13.6. The number of halogens is 3. The smallest absolute Gasteiger partial charge is 0.311 e. The summed E-state index contributed by atoms with van der Waals surface area (Å²) in [5.74, 6) is -2.17. The highest BCUT2D eigenvalue weighted by molar-refractivity contribution is 7.12. The fraction of sp³-hybridized carbons (Fsp3) is 0.562. The van der Waals surface area contributed by atoms with Gasteiger partial charge >= 0.3 is 11.8 Å². The Morgan fingerprint density at radius 1 is 1.36 bits per heavy atom. The van der Waals surface area contributed by atoms with E-state index in [0.29, 0.717) is 12.8 Å². The van der Waals surface area contributed by atoms with Crippen molar-refractivity contribution in [1.82, 2.24) is 10.2 Å². The molecule has 1 atom stereocenters. The van der Waals surface area contributed by atoms with E-state index in [1.165, 1.54) is 13.0 Å². The zero-order chi connectivity index (χ0) is 18.2. The molecule has 1 unspecified atom stereocenters. The highest BCUT2D eigenvalue weighted by Gasteiger charge is 2.67. The van der Waals surface area contributed by atoms with Crippen LogP contribution in [0.1, 0.15) is 48.7 Å². The Balaban J connectivity index is 1.93. The number of hydrogen-bond acceptors (Lipinski definition) is 4. The van der Waals surface area contributed by atoms with E-state index in [9.17, 15) is 22.8 Å². The lowest BCUT2D eigenvalue weighted by Crippen LogP contribution is -2.64. The van der Waals surface area contributed by atoms with Crippen molar-refractivity contribution in [2.75, 3.05) is 0 Å². The van der Waals surface area contributed by atoms with Gasteiger partial charge in [-0.1, -0.05) is 25.3 Å². The van der Waals surface area contributed by atoms with Gasteiger partial charge in [-0.05, 0) is 31.2 Å². The summed E-state index contributed by atoms with van der Waals surface area (Å²) in [6.45, 7) is 1.39.